The lowest BCUT2D eigenvalue weighted by Gasteiger charge is -2.17. The molecule has 1 aromatic heterocycles. The van der Waals surface area contributed by atoms with E-state index in [9.17, 15) is 13.2 Å². The standard InChI is InChI=1S/C9H9F3N2/c1-14(5-2-3-5)9-7(11)4-6(10)8(12)13-9/h4-5H,2-3H2,1H3. The summed E-state index contributed by atoms with van der Waals surface area (Å²) in [5.41, 5.74) is 0. The number of halogens is 3. The number of pyridine rings is 1. The Balaban J connectivity index is 2.36. The molecule has 0 bridgehead atoms. The lowest BCUT2D eigenvalue weighted by Crippen LogP contribution is -2.22. The molecule has 1 aromatic rings. The van der Waals surface area contributed by atoms with Crippen LogP contribution < -0.4 is 4.90 Å². The maximum Gasteiger partial charge on any atom is 0.251 e. The van der Waals surface area contributed by atoms with E-state index in [4.69, 9.17) is 0 Å². The molecule has 1 fully saturated rings. The van der Waals surface area contributed by atoms with Crippen molar-refractivity contribution in [2.24, 2.45) is 0 Å². The normalized spacial score (nSPS) is 15.7. The van der Waals surface area contributed by atoms with Crippen LogP contribution in [0.25, 0.3) is 0 Å². The zero-order valence-electron chi connectivity index (χ0n) is 7.60. The Hall–Kier alpha value is -1.26. The Labute approximate surface area is 79.4 Å². The van der Waals surface area contributed by atoms with Gasteiger partial charge in [0.2, 0.25) is 0 Å². The third-order valence-corrected chi connectivity index (χ3v) is 2.30. The number of hydrogen-bond donors (Lipinski definition) is 0. The molecule has 0 atom stereocenters. The van der Waals surface area contributed by atoms with E-state index >= 15 is 0 Å². The van der Waals surface area contributed by atoms with E-state index in [1.54, 1.807) is 7.05 Å². The molecule has 0 aliphatic heterocycles. The van der Waals surface area contributed by atoms with Gasteiger partial charge in [0, 0.05) is 19.2 Å². The van der Waals surface area contributed by atoms with E-state index in [0.717, 1.165) is 12.8 Å². The molecule has 5 heteroatoms. The van der Waals surface area contributed by atoms with E-state index in [1.807, 2.05) is 0 Å². The summed E-state index contributed by atoms with van der Waals surface area (Å²) in [6.45, 7) is 0. The van der Waals surface area contributed by atoms with Gasteiger partial charge >= 0.3 is 0 Å². The average Bonchev–Trinajstić information content (AvgIpc) is 2.93. The van der Waals surface area contributed by atoms with Gasteiger partial charge in [-0.3, -0.25) is 0 Å². The highest BCUT2D eigenvalue weighted by molar-refractivity contribution is 5.41. The molecular weight excluding hydrogens is 193 g/mol. The van der Waals surface area contributed by atoms with Crippen molar-refractivity contribution in [3.63, 3.8) is 0 Å². The second-order valence-corrected chi connectivity index (χ2v) is 3.41. The Bertz CT molecular complexity index is 363. The number of hydrogen-bond acceptors (Lipinski definition) is 2. The Morgan fingerprint density at radius 2 is 1.93 bits per heavy atom. The summed E-state index contributed by atoms with van der Waals surface area (Å²) < 4.78 is 38.4. The van der Waals surface area contributed by atoms with Gasteiger partial charge in [-0.05, 0) is 12.8 Å². The van der Waals surface area contributed by atoms with Crippen molar-refractivity contribution in [3.8, 4) is 0 Å². The lowest BCUT2D eigenvalue weighted by atomic mass is 10.4. The first kappa shape index (κ1) is 9.30. The zero-order valence-corrected chi connectivity index (χ0v) is 7.60. The van der Waals surface area contributed by atoms with Crippen molar-refractivity contribution in [1.82, 2.24) is 4.98 Å². The molecule has 2 nitrogen and oxygen atoms in total. The van der Waals surface area contributed by atoms with E-state index in [1.165, 1.54) is 4.90 Å². The van der Waals surface area contributed by atoms with E-state index in [-0.39, 0.29) is 11.9 Å². The highest BCUT2D eigenvalue weighted by atomic mass is 19.2. The number of rotatable bonds is 2. The predicted molar refractivity (Wildman–Crippen MR) is 45.5 cm³/mol. The highest BCUT2D eigenvalue weighted by Crippen LogP contribution is 2.30. The second kappa shape index (κ2) is 3.15. The van der Waals surface area contributed by atoms with Crippen molar-refractivity contribution < 1.29 is 13.2 Å². The molecule has 14 heavy (non-hydrogen) atoms. The summed E-state index contributed by atoms with van der Waals surface area (Å²) in [5.74, 6) is -3.45. The summed E-state index contributed by atoms with van der Waals surface area (Å²) in [6.07, 6.45) is 1.88. The van der Waals surface area contributed by atoms with E-state index in [2.05, 4.69) is 4.98 Å². The average molecular weight is 202 g/mol. The van der Waals surface area contributed by atoms with Gasteiger partial charge in [-0.15, -0.1) is 0 Å². The van der Waals surface area contributed by atoms with E-state index < -0.39 is 17.6 Å². The van der Waals surface area contributed by atoms with Crippen molar-refractivity contribution in [2.75, 3.05) is 11.9 Å². The fourth-order valence-electron chi connectivity index (χ4n) is 1.32. The topological polar surface area (TPSA) is 16.1 Å². The third-order valence-electron chi connectivity index (χ3n) is 2.30. The van der Waals surface area contributed by atoms with Crippen LogP contribution in [0, 0.1) is 17.6 Å². The maximum atomic E-state index is 13.2. The van der Waals surface area contributed by atoms with Gasteiger partial charge in [0.05, 0.1) is 0 Å². The van der Waals surface area contributed by atoms with Crippen LogP contribution in [0.3, 0.4) is 0 Å². The molecule has 1 aliphatic carbocycles. The number of aromatic nitrogens is 1. The fourth-order valence-corrected chi connectivity index (χ4v) is 1.32. The predicted octanol–water partition coefficient (Wildman–Crippen LogP) is 2.10. The molecule has 1 aliphatic rings. The molecule has 1 saturated carbocycles. The quantitative estimate of drug-likeness (QED) is 0.683. The van der Waals surface area contributed by atoms with Crippen molar-refractivity contribution in [2.45, 2.75) is 18.9 Å². The molecular formula is C9H9F3N2. The van der Waals surface area contributed by atoms with Crippen LogP contribution in [0.2, 0.25) is 0 Å². The third kappa shape index (κ3) is 1.54. The minimum Gasteiger partial charge on any atom is -0.354 e. The van der Waals surface area contributed by atoms with Gasteiger partial charge in [0.1, 0.15) is 0 Å². The first-order chi connectivity index (χ1) is 6.59. The highest BCUT2D eigenvalue weighted by Gasteiger charge is 2.29. The largest absolute Gasteiger partial charge is 0.354 e. The summed E-state index contributed by atoms with van der Waals surface area (Å²) in [5, 5.41) is 0. The van der Waals surface area contributed by atoms with Crippen molar-refractivity contribution in [3.05, 3.63) is 23.6 Å². The molecule has 0 radical (unpaired) electrons. The van der Waals surface area contributed by atoms with Crippen molar-refractivity contribution in [1.29, 1.82) is 0 Å². The first-order valence-electron chi connectivity index (χ1n) is 4.34. The maximum absolute atomic E-state index is 13.2. The minimum atomic E-state index is -1.26. The van der Waals surface area contributed by atoms with Gasteiger partial charge in [-0.2, -0.15) is 9.37 Å². The van der Waals surface area contributed by atoms with E-state index in [0.29, 0.717) is 6.07 Å². The summed E-state index contributed by atoms with van der Waals surface area (Å²) >= 11 is 0. The molecule has 0 aromatic carbocycles. The zero-order chi connectivity index (χ0) is 10.3. The van der Waals surface area contributed by atoms with Crippen LogP contribution in [0.1, 0.15) is 12.8 Å². The van der Waals surface area contributed by atoms with Gasteiger partial charge in [0.25, 0.3) is 5.95 Å². The molecule has 0 spiro atoms. The first-order valence-corrected chi connectivity index (χ1v) is 4.34. The second-order valence-electron chi connectivity index (χ2n) is 3.41. The Kier molecular flexibility index (Phi) is 2.09. The van der Waals surface area contributed by atoms with Gasteiger partial charge < -0.3 is 4.90 Å². The van der Waals surface area contributed by atoms with Gasteiger partial charge in [-0.1, -0.05) is 0 Å². The van der Waals surface area contributed by atoms with Crippen molar-refractivity contribution >= 4 is 5.82 Å². The van der Waals surface area contributed by atoms with Gasteiger partial charge in [0.15, 0.2) is 17.5 Å². The monoisotopic (exact) mass is 202 g/mol. The van der Waals surface area contributed by atoms with Crippen LogP contribution in [-0.2, 0) is 0 Å². The Morgan fingerprint density at radius 1 is 1.29 bits per heavy atom. The van der Waals surface area contributed by atoms with Crippen LogP contribution >= 0.6 is 0 Å². The smallest absolute Gasteiger partial charge is 0.251 e. The van der Waals surface area contributed by atoms with Crippen LogP contribution in [0.15, 0.2) is 6.07 Å². The summed E-state index contributed by atoms with van der Waals surface area (Å²) in [7, 11) is 1.63. The molecule has 0 amide bonds. The van der Waals surface area contributed by atoms with Crippen LogP contribution in [0.4, 0.5) is 19.0 Å². The SMILES string of the molecule is CN(c1nc(F)c(F)cc1F)C1CC1. The fraction of sp³-hybridized carbons (Fsp3) is 0.444. The molecule has 0 N–H and O–H groups in total. The Morgan fingerprint density at radius 3 is 2.50 bits per heavy atom. The molecule has 76 valence electrons. The van der Waals surface area contributed by atoms with Crippen LogP contribution in [0.5, 0.6) is 0 Å². The summed E-state index contributed by atoms with van der Waals surface area (Å²) in [6, 6.07) is 0.734. The molecule has 0 unspecified atom stereocenters. The van der Waals surface area contributed by atoms with Gasteiger partial charge in [-0.25, -0.2) is 8.78 Å². The number of nitrogens with zero attached hydrogens (tertiary/aromatic N) is 2. The molecule has 1 heterocycles. The minimum absolute atomic E-state index is 0.119. The molecule has 2 rings (SSSR count). The summed E-state index contributed by atoms with van der Waals surface area (Å²) in [4.78, 5) is 4.78. The van der Waals surface area contributed by atoms with Crippen LogP contribution in [-0.4, -0.2) is 18.1 Å². The molecule has 0 saturated heterocycles. The lowest BCUT2D eigenvalue weighted by molar-refractivity contribution is 0.463. The number of anilines is 1.